The lowest BCUT2D eigenvalue weighted by atomic mass is 10.2. The van der Waals surface area contributed by atoms with Crippen molar-refractivity contribution in [2.75, 3.05) is 6.54 Å². The van der Waals surface area contributed by atoms with Crippen LogP contribution in [-0.4, -0.2) is 32.8 Å². The summed E-state index contributed by atoms with van der Waals surface area (Å²) in [5.41, 5.74) is 4.91. The average Bonchev–Trinajstić information content (AvgIpc) is 2.57. The number of nitrogens with one attached hydrogen (secondary N) is 1. The molecule has 84 valence electrons. The molecule has 0 saturated carbocycles. The summed E-state index contributed by atoms with van der Waals surface area (Å²) in [7, 11) is 0. The highest BCUT2D eigenvalue weighted by molar-refractivity contribution is 7.80. The highest BCUT2D eigenvalue weighted by atomic mass is 32.1. The summed E-state index contributed by atoms with van der Waals surface area (Å²) in [4.78, 5) is 10.3. The average molecular weight is 230 g/mol. The maximum atomic E-state index is 10.3. The summed E-state index contributed by atoms with van der Waals surface area (Å²) >= 11 is 4.07. The number of hydrogen-bond donors (Lipinski definition) is 3. The van der Waals surface area contributed by atoms with Gasteiger partial charge < -0.3 is 11.1 Å². The van der Waals surface area contributed by atoms with Gasteiger partial charge in [-0.05, 0) is 29.7 Å². The van der Waals surface area contributed by atoms with Crippen molar-refractivity contribution in [3.8, 4) is 0 Å². The normalized spacial score (nSPS) is 10.2. The van der Waals surface area contributed by atoms with Crippen molar-refractivity contribution < 1.29 is 4.79 Å². The molecular formula is C7H14N6OS. The molecule has 1 aromatic heterocycles. The molecule has 0 bridgehead atoms. The van der Waals surface area contributed by atoms with E-state index in [2.05, 4.69) is 33.5 Å². The lowest BCUT2D eigenvalue weighted by Crippen LogP contribution is -2.29. The number of tetrazole rings is 1. The molecule has 8 heteroatoms. The van der Waals surface area contributed by atoms with E-state index in [0.717, 1.165) is 25.8 Å². The molecule has 1 aromatic rings. The summed E-state index contributed by atoms with van der Waals surface area (Å²) in [5, 5.41) is 13.9. The summed E-state index contributed by atoms with van der Waals surface area (Å²) in [6, 6.07) is -0.479. The second-order valence-electron chi connectivity index (χ2n) is 3.05. The first-order valence-electron chi connectivity index (χ1n) is 4.68. The maximum Gasteiger partial charge on any atom is 0.312 e. The summed E-state index contributed by atoms with van der Waals surface area (Å²) in [6.45, 7) is 1.35. The van der Waals surface area contributed by atoms with Gasteiger partial charge in [-0.1, -0.05) is 0 Å². The van der Waals surface area contributed by atoms with E-state index >= 15 is 0 Å². The molecule has 0 aliphatic rings. The predicted molar refractivity (Wildman–Crippen MR) is 56.5 cm³/mol. The first kappa shape index (κ1) is 11.8. The van der Waals surface area contributed by atoms with Crippen molar-refractivity contribution in [3.63, 3.8) is 0 Å². The molecule has 15 heavy (non-hydrogen) atoms. The minimum Gasteiger partial charge on any atom is -0.352 e. The molecule has 1 rings (SSSR count). The van der Waals surface area contributed by atoms with Crippen molar-refractivity contribution in [1.82, 2.24) is 25.5 Å². The number of rotatable bonds is 6. The highest BCUT2D eigenvalue weighted by Crippen LogP contribution is 2.01. The van der Waals surface area contributed by atoms with Crippen molar-refractivity contribution in [2.24, 2.45) is 5.73 Å². The first-order valence-corrected chi connectivity index (χ1v) is 5.13. The maximum absolute atomic E-state index is 10.3. The van der Waals surface area contributed by atoms with E-state index in [1.54, 1.807) is 4.68 Å². The van der Waals surface area contributed by atoms with E-state index in [1.807, 2.05) is 0 Å². The standard InChI is InChI=1S/C7H14N6OS/c8-6(14)9-4-2-1-3-5-13-7(15)10-11-12-13/h1-5H2,(H3,8,9,14)(H,10,12,15). The van der Waals surface area contributed by atoms with Crippen LogP contribution in [0.4, 0.5) is 4.79 Å². The fraction of sp³-hybridized carbons (Fsp3) is 0.714. The van der Waals surface area contributed by atoms with Crippen LogP contribution in [0, 0.1) is 0 Å². The lowest BCUT2D eigenvalue weighted by Gasteiger charge is -2.02. The molecule has 7 nitrogen and oxygen atoms in total. The van der Waals surface area contributed by atoms with Crippen molar-refractivity contribution in [3.05, 3.63) is 0 Å². The topological polar surface area (TPSA) is 98.7 Å². The molecule has 0 aromatic carbocycles. The zero-order valence-corrected chi connectivity index (χ0v) is 9.15. The largest absolute Gasteiger partial charge is 0.352 e. The Labute approximate surface area is 92.8 Å². The zero-order valence-electron chi connectivity index (χ0n) is 8.26. The van der Waals surface area contributed by atoms with Gasteiger partial charge in [0.1, 0.15) is 0 Å². The van der Waals surface area contributed by atoms with E-state index in [1.165, 1.54) is 0 Å². The molecule has 1 heterocycles. The third kappa shape index (κ3) is 4.63. The van der Waals surface area contributed by atoms with Crippen molar-refractivity contribution in [2.45, 2.75) is 31.0 Å². The molecule has 2 amide bonds. The zero-order chi connectivity index (χ0) is 11.1. The molecular weight excluding hydrogens is 216 g/mol. The Morgan fingerprint density at radius 2 is 2.27 bits per heavy atom. The SMILES string of the molecule is NC(=O)NCCCCCn1nnnc1S. The second kappa shape index (κ2) is 6.23. The molecule has 0 radical (unpaired) electrons. The number of unbranched alkanes of at least 4 members (excludes halogenated alkanes) is 2. The molecule has 3 N–H and O–H groups in total. The minimum atomic E-state index is -0.479. The molecule has 0 atom stereocenters. The number of aromatic nitrogens is 4. The van der Waals surface area contributed by atoms with Gasteiger partial charge in [0, 0.05) is 13.1 Å². The molecule has 0 saturated heterocycles. The molecule has 0 aliphatic carbocycles. The molecule has 0 unspecified atom stereocenters. The molecule has 0 fully saturated rings. The first-order chi connectivity index (χ1) is 7.20. The Balaban J connectivity index is 2.03. The van der Waals surface area contributed by atoms with E-state index < -0.39 is 6.03 Å². The van der Waals surface area contributed by atoms with Crippen LogP contribution in [0.25, 0.3) is 0 Å². The Morgan fingerprint density at radius 3 is 2.87 bits per heavy atom. The number of primary amides is 1. The van der Waals surface area contributed by atoms with Gasteiger partial charge in [-0.2, -0.15) is 0 Å². The summed E-state index contributed by atoms with van der Waals surface area (Å²) in [5.74, 6) is 0. The Hall–Kier alpha value is -1.31. The summed E-state index contributed by atoms with van der Waals surface area (Å²) in [6.07, 6.45) is 2.82. The van der Waals surface area contributed by atoms with Crippen molar-refractivity contribution in [1.29, 1.82) is 0 Å². The van der Waals surface area contributed by atoms with E-state index in [-0.39, 0.29) is 0 Å². The van der Waals surface area contributed by atoms with Gasteiger partial charge in [0.15, 0.2) is 0 Å². The number of aryl methyl sites for hydroxylation is 1. The lowest BCUT2D eigenvalue weighted by molar-refractivity contribution is 0.248. The molecule has 0 aliphatic heterocycles. The highest BCUT2D eigenvalue weighted by Gasteiger charge is 1.99. The minimum absolute atomic E-state index is 0.479. The number of hydrogen-bond acceptors (Lipinski definition) is 5. The Bertz CT molecular complexity index is 314. The fourth-order valence-corrected chi connectivity index (χ4v) is 1.30. The smallest absolute Gasteiger partial charge is 0.312 e. The number of nitrogens with zero attached hydrogens (tertiary/aromatic N) is 4. The van der Waals surface area contributed by atoms with Crippen LogP contribution in [0.2, 0.25) is 0 Å². The predicted octanol–water partition coefficient (Wildman–Crippen LogP) is -0.200. The van der Waals surface area contributed by atoms with Crippen LogP contribution < -0.4 is 11.1 Å². The number of carbonyl (C=O) groups is 1. The van der Waals surface area contributed by atoms with Crippen LogP contribution in [0.1, 0.15) is 19.3 Å². The van der Waals surface area contributed by atoms with E-state index in [0.29, 0.717) is 11.7 Å². The van der Waals surface area contributed by atoms with Gasteiger partial charge in [-0.3, -0.25) is 0 Å². The number of thiol groups is 1. The molecule has 0 spiro atoms. The van der Waals surface area contributed by atoms with Gasteiger partial charge in [0.25, 0.3) is 0 Å². The van der Waals surface area contributed by atoms with E-state index in [4.69, 9.17) is 5.73 Å². The van der Waals surface area contributed by atoms with Crippen LogP contribution in [-0.2, 0) is 6.54 Å². The van der Waals surface area contributed by atoms with Gasteiger partial charge in [-0.15, -0.1) is 17.7 Å². The summed E-state index contributed by atoms with van der Waals surface area (Å²) < 4.78 is 1.63. The number of amides is 2. The number of nitrogens with two attached hydrogens (primary N) is 1. The Morgan fingerprint density at radius 1 is 1.47 bits per heavy atom. The number of urea groups is 1. The van der Waals surface area contributed by atoms with Crippen LogP contribution in [0.3, 0.4) is 0 Å². The van der Waals surface area contributed by atoms with Gasteiger partial charge in [0.05, 0.1) is 0 Å². The third-order valence-corrected chi connectivity index (χ3v) is 2.18. The van der Waals surface area contributed by atoms with Crippen LogP contribution >= 0.6 is 12.6 Å². The van der Waals surface area contributed by atoms with Gasteiger partial charge in [0.2, 0.25) is 5.16 Å². The second-order valence-corrected chi connectivity index (χ2v) is 3.45. The van der Waals surface area contributed by atoms with Gasteiger partial charge >= 0.3 is 6.03 Å². The van der Waals surface area contributed by atoms with E-state index in [9.17, 15) is 4.79 Å². The number of carbonyl (C=O) groups excluding carboxylic acids is 1. The monoisotopic (exact) mass is 230 g/mol. The van der Waals surface area contributed by atoms with Crippen LogP contribution in [0.15, 0.2) is 5.16 Å². The quantitative estimate of drug-likeness (QED) is 0.465. The van der Waals surface area contributed by atoms with Crippen molar-refractivity contribution >= 4 is 18.7 Å². The van der Waals surface area contributed by atoms with Gasteiger partial charge in [-0.25, -0.2) is 9.48 Å². The third-order valence-electron chi connectivity index (χ3n) is 1.86. The van der Waals surface area contributed by atoms with Crippen LogP contribution in [0.5, 0.6) is 0 Å². The Kier molecular flexibility index (Phi) is 4.88. The fourth-order valence-electron chi connectivity index (χ4n) is 1.12.